The monoisotopic (exact) mass is 498 g/mol. The Hall–Kier alpha value is 1.05. The standard InChI is InChI=1S/C8H6Br4O3S/c9-7(10)4-1-2-5(8(11)12)6(3-4)16(13,14)15/h1-3,7-8H,(H,13,14,15). The van der Waals surface area contributed by atoms with Gasteiger partial charge in [-0.1, -0.05) is 75.9 Å². The van der Waals surface area contributed by atoms with E-state index in [9.17, 15) is 8.42 Å². The van der Waals surface area contributed by atoms with Gasteiger partial charge in [-0.15, -0.1) is 0 Å². The van der Waals surface area contributed by atoms with Crippen molar-refractivity contribution >= 4 is 73.8 Å². The first-order chi connectivity index (χ1) is 7.23. The molecule has 1 aromatic carbocycles. The summed E-state index contributed by atoms with van der Waals surface area (Å²) >= 11 is 12.9. The first-order valence-corrected chi connectivity index (χ1v) is 9.01. The minimum Gasteiger partial charge on any atom is -0.282 e. The zero-order chi connectivity index (χ0) is 12.5. The SMILES string of the molecule is O=S(=O)(O)c1cc(C(Br)Br)ccc1C(Br)Br. The molecule has 0 radical (unpaired) electrons. The lowest BCUT2D eigenvalue weighted by molar-refractivity contribution is 0.482. The van der Waals surface area contributed by atoms with E-state index in [1.54, 1.807) is 12.1 Å². The smallest absolute Gasteiger partial charge is 0.282 e. The highest BCUT2D eigenvalue weighted by Crippen LogP contribution is 2.37. The number of alkyl halides is 4. The largest absolute Gasteiger partial charge is 0.294 e. The molecular weight excluding hydrogens is 496 g/mol. The van der Waals surface area contributed by atoms with Gasteiger partial charge in [-0.05, 0) is 17.2 Å². The Morgan fingerprint density at radius 1 is 1.06 bits per heavy atom. The van der Waals surface area contributed by atoms with Crippen LogP contribution in [-0.2, 0) is 10.1 Å². The Morgan fingerprint density at radius 2 is 1.62 bits per heavy atom. The zero-order valence-electron chi connectivity index (χ0n) is 7.57. The molecule has 90 valence electrons. The number of halogens is 4. The van der Waals surface area contributed by atoms with E-state index in [4.69, 9.17) is 4.55 Å². The molecule has 0 aliphatic carbocycles. The van der Waals surface area contributed by atoms with Crippen molar-refractivity contribution in [3.8, 4) is 0 Å². The lowest BCUT2D eigenvalue weighted by Crippen LogP contribution is -2.04. The summed E-state index contributed by atoms with van der Waals surface area (Å²) in [5, 5.41) is 0. The molecule has 0 aliphatic heterocycles. The molecule has 0 spiro atoms. The number of benzene rings is 1. The van der Waals surface area contributed by atoms with Crippen LogP contribution in [-0.4, -0.2) is 13.0 Å². The maximum atomic E-state index is 11.2. The molecule has 0 unspecified atom stereocenters. The summed E-state index contributed by atoms with van der Waals surface area (Å²) in [5.74, 6) is 0. The summed E-state index contributed by atoms with van der Waals surface area (Å²) < 4.78 is 31.1. The van der Waals surface area contributed by atoms with Crippen molar-refractivity contribution in [2.24, 2.45) is 0 Å². The van der Waals surface area contributed by atoms with Crippen LogP contribution in [0.3, 0.4) is 0 Å². The van der Waals surface area contributed by atoms with Crippen LogP contribution in [0, 0.1) is 0 Å². The second-order valence-corrected chi connectivity index (χ2v) is 10.4. The van der Waals surface area contributed by atoms with Gasteiger partial charge in [0, 0.05) is 0 Å². The van der Waals surface area contributed by atoms with E-state index in [-0.39, 0.29) is 12.4 Å². The molecule has 0 aliphatic rings. The van der Waals surface area contributed by atoms with E-state index < -0.39 is 10.1 Å². The fraction of sp³-hybridized carbons (Fsp3) is 0.250. The van der Waals surface area contributed by atoms with Gasteiger partial charge in [-0.25, -0.2) is 0 Å². The van der Waals surface area contributed by atoms with Gasteiger partial charge >= 0.3 is 0 Å². The molecule has 3 nitrogen and oxygen atoms in total. The molecule has 1 N–H and O–H groups in total. The average Bonchev–Trinajstić information content (AvgIpc) is 2.15. The topological polar surface area (TPSA) is 54.4 Å². The normalized spacial score (nSPS) is 12.4. The predicted molar refractivity (Wildman–Crippen MR) is 77.4 cm³/mol. The van der Waals surface area contributed by atoms with Gasteiger partial charge in [-0.3, -0.25) is 4.55 Å². The van der Waals surface area contributed by atoms with Gasteiger partial charge in [0.05, 0.1) is 12.4 Å². The molecule has 8 heteroatoms. The van der Waals surface area contributed by atoms with E-state index >= 15 is 0 Å². The molecule has 0 amide bonds. The number of hydrogen-bond donors (Lipinski definition) is 1. The summed E-state index contributed by atoms with van der Waals surface area (Å²) in [4.78, 5) is -0.118. The summed E-state index contributed by atoms with van der Waals surface area (Å²) in [6, 6.07) is 4.80. The number of rotatable bonds is 3. The van der Waals surface area contributed by atoms with Gasteiger partial charge in [0.1, 0.15) is 0 Å². The third-order valence-electron chi connectivity index (χ3n) is 1.80. The highest BCUT2D eigenvalue weighted by atomic mass is 79.9. The van der Waals surface area contributed by atoms with Crippen molar-refractivity contribution in [1.82, 2.24) is 0 Å². The first kappa shape index (κ1) is 15.1. The second kappa shape index (κ2) is 5.79. The summed E-state index contributed by atoms with van der Waals surface area (Å²) in [5.41, 5.74) is 1.16. The number of hydrogen-bond acceptors (Lipinski definition) is 2. The maximum absolute atomic E-state index is 11.2. The molecule has 0 atom stereocenters. The van der Waals surface area contributed by atoms with E-state index in [0.29, 0.717) is 11.1 Å². The molecule has 0 bridgehead atoms. The third-order valence-corrected chi connectivity index (χ3v) is 4.76. The van der Waals surface area contributed by atoms with Gasteiger partial charge in [0.15, 0.2) is 0 Å². The predicted octanol–water partition coefficient (Wildman–Crippen LogP) is 4.51. The fourth-order valence-corrected chi connectivity index (χ4v) is 3.53. The second-order valence-electron chi connectivity index (χ2n) is 2.87. The molecule has 1 aromatic rings. The van der Waals surface area contributed by atoms with Crippen molar-refractivity contribution < 1.29 is 13.0 Å². The molecule has 0 saturated carbocycles. The molecule has 0 aromatic heterocycles. The minimum absolute atomic E-state index is 0.118. The van der Waals surface area contributed by atoms with Crippen LogP contribution >= 0.6 is 63.7 Å². The average molecular weight is 502 g/mol. The van der Waals surface area contributed by atoms with Crippen molar-refractivity contribution in [2.75, 3.05) is 0 Å². The Morgan fingerprint density at radius 3 is 2.00 bits per heavy atom. The minimum atomic E-state index is -4.24. The Bertz CT molecular complexity index is 484. The summed E-state index contributed by atoms with van der Waals surface area (Å²) in [7, 11) is -4.24. The van der Waals surface area contributed by atoms with Crippen LogP contribution in [0.4, 0.5) is 0 Å². The summed E-state index contributed by atoms with van der Waals surface area (Å²) in [6.45, 7) is 0. The maximum Gasteiger partial charge on any atom is 0.294 e. The van der Waals surface area contributed by atoms with Crippen molar-refractivity contribution in [2.45, 2.75) is 12.4 Å². The third kappa shape index (κ3) is 3.78. The van der Waals surface area contributed by atoms with Gasteiger partial charge in [0.2, 0.25) is 0 Å². The van der Waals surface area contributed by atoms with E-state index in [1.807, 2.05) is 0 Å². The molecule has 0 fully saturated rings. The summed E-state index contributed by atoms with van der Waals surface area (Å²) in [6.07, 6.45) is 0. The van der Waals surface area contributed by atoms with Crippen LogP contribution in [0.25, 0.3) is 0 Å². The van der Waals surface area contributed by atoms with E-state index in [1.165, 1.54) is 6.07 Å². The van der Waals surface area contributed by atoms with E-state index in [2.05, 4.69) is 63.7 Å². The molecule has 0 saturated heterocycles. The Balaban J connectivity index is 3.45. The van der Waals surface area contributed by atoms with Gasteiger partial charge in [0.25, 0.3) is 10.1 Å². The highest BCUT2D eigenvalue weighted by Gasteiger charge is 2.20. The van der Waals surface area contributed by atoms with Crippen molar-refractivity contribution in [1.29, 1.82) is 0 Å². The van der Waals surface area contributed by atoms with Crippen LogP contribution in [0.2, 0.25) is 0 Å². The highest BCUT2D eigenvalue weighted by molar-refractivity contribution is 9.24. The quantitative estimate of drug-likeness (QED) is 0.490. The van der Waals surface area contributed by atoms with Crippen LogP contribution in [0.1, 0.15) is 18.6 Å². The Labute approximate surface area is 127 Å². The lowest BCUT2D eigenvalue weighted by Gasteiger charge is -2.11. The Kier molecular flexibility index (Phi) is 5.47. The van der Waals surface area contributed by atoms with Crippen molar-refractivity contribution in [3.05, 3.63) is 29.3 Å². The molecule has 16 heavy (non-hydrogen) atoms. The van der Waals surface area contributed by atoms with Crippen LogP contribution in [0.15, 0.2) is 23.1 Å². The lowest BCUT2D eigenvalue weighted by atomic mass is 10.2. The van der Waals surface area contributed by atoms with Crippen molar-refractivity contribution in [3.63, 3.8) is 0 Å². The van der Waals surface area contributed by atoms with E-state index in [0.717, 1.165) is 0 Å². The van der Waals surface area contributed by atoms with Gasteiger partial charge in [-0.2, -0.15) is 8.42 Å². The molecule has 0 heterocycles. The molecular formula is C8H6Br4O3S. The van der Waals surface area contributed by atoms with Crippen LogP contribution in [0.5, 0.6) is 0 Å². The zero-order valence-corrected chi connectivity index (χ0v) is 14.7. The van der Waals surface area contributed by atoms with Gasteiger partial charge < -0.3 is 0 Å². The fourth-order valence-electron chi connectivity index (χ4n) is 1.09. The first-order valence-electron chi connectivity index (χ1n) is 3.91. The molecule has 1 rings (SSSR count). The van der Waals surface area contributed by atoms with Crippen LogP contribution < -0.4 is 0 Å².